The molecule has 0 bridgehead atoms. The van der Waals surface area contributed by atoms with Gasteiger partial charge < -0.3 is 35.7 Å². The van der Waals surface area contributed by atoms with E-state index in [1.165, 1.54) is 4.57 Å². The molecule has 0 aliphatic carbocycles. The van der Waals surface area contributed by atoms with Crippen LogP contribution in [-0.4, -0.2) is 171 Å². The van der Waals surface area contributed by atoms with E-state index in [1.807, 2.05) is 0 Å². The Morgan fingerprint density at radius 2 is 1.89 bits per heavy atom. The van der Waals surface area contributed by atoms with E-state index in [2.05, 4.69) is 19.5 Å². The first-order valence-electron chi connectivity index (χ1n) is 9.31. The van der Waals surface area contributed by atoms with Crippen molar-refractivity contribution in [3.05, 3.63) is 16.7 Å². The monoisotopic (exact) mass is 564 g/mol. The van der Waals surface area contributed by atoms with Crippen LogP contribution in [0.4, 0.5) is 5.95 Å². The Balaban J connectivity index is 0.00000408. The number of esters is 1. The summed E-state index contributed by atoms with van der Waals surface area (Å²) < 4.78 is 26.1. The second kappa shape index (κ2) is 15.0. The Morgan fingerprint density at radius 3 is 2.50 bits per heavy atom. The van der Waals surface area contributed by atoms with Crippen LogP contribution < -0.4 is 17.0 Å². The van der Waals surface area contributed by atoms with Crippen molar-refractivity contribution in [2.24, 2.45) is 5.73 Å². The van der Waals surface area contributed by atoms with Gasteiger partial charge in [-0.05, 0) is 6.42 Å². The third kappa shape index (κ3) is 9.08. The van der Waals surface area contributed by atoms with Crippen LogP contribution in [0.2, 0.25) is 0 Å². The Morgan fingerprint density at radius 1 is 1.25 bits per heavy atom. The number of aromatic nitrogens is 4. The molecule has 188 valence electrons. The van der Waals surface area contributed by atoms with Crippen molar-refractivity contribution in [1.82, 2.24) is 19.5 Å². The molecular formula is C15H24N6Na3O11P. The zero-order valence-corrected chi connectivity index (χ0v) is 17.6. The molecule has 1 aliphatic heterocycles. The van der Waals surface area contributed by atoms with Gasteiger partial charge in [0.05, 0.1) is 6.33 Å². The SMILES string of the molecule is Nc1nc2c(ncn2[C@@H]2O[C@H](COC(=O)[C@@H](N)CCC(=O)OP(=O)(O)O)[C@@H](O)[C@H]2O)c(=O)[nH]1.[NaH].[NaH].[NaH]. The molecule has 0 saturated carbocycles. The van der Waals surface area contributed by atoms with Crippen LogP contribution in [0.1, 0.15) is 19.1 Å². The molecule has 3 heterocycles. The normalized spacial score (nSPS) is 22.0. The minimum absolute atomic E-state index is 0. The van der Waals surface area contributed by atoms with Crippen molar-refractivity contribution in [2.45, 2.75) is 43.4 Å². The number of ether oxygens (including phenoxy) is 2. The first-order valence-corrected chi connectivity index (χ1v) is 10.8. The van der Waals surface area contributed by atoms with Crippen molar-refractivity contribution in [3.8, 4) is 0 Å². The number of hydrogen-bond acceptors (Lipinski definition) is 13. The zero-order valence-electron chi connectivity index (χ0n) is 16.7. The molecule has 1 fully saturated rings. The molecule has 0 unspecified atom stereocenters. The number of imidazole rings is 1. The first-order chi connectivity index (χ1) is 15.4. The summed E-state index contributed by atoms with van der Waals surface area (Å²) in [5.41, 5.74) is 10.4. The molecule has 36 heavy (non-hydrogen) atoms. The molecule has 0 radical (unpaired) electrons. The van der Waals surface area contributed by atoms with E-state index in [4.69, 9.17) is 30.7 Å². The number of phosphoric acid groups is 1. The van der Waals surface area contributed by atoms with E-state index in [9.17, 15) is 29.2 Å². The maximum atomic E-state index is 12.0. The zero-order chi connectivity index (χ0) is 24.5. The molecule has 1 aliphatic rings. The van der Waals surface area contributed by atoms with Gasteiger partial charge in [-0.3, -0.25) is 33.7 Å². The van der Waals surface area contributed by atoms with E-state index >= 15 is 0 Å². The fourth-order valence-corrected chi connectivity index (χ4v) is 3.42. The molecule has 9 N–H and O–H groups in total. The van der Waals surface area contributed by atoms with Crippen LogP contribution in [0.15, 0.2) is 11.1 Å². The summed E-state index contributed by atoms with van der Waals surface area (Å²) in [4.78, 5) is 62.4. The predicted octanol–water partition coefficient (Wildman–Crippen LogP) is -5.34. The minimum atomic E-state index is -5.00. The number of rotatable bonds is 8. The van der Waals surface area contributed by atoms with Crippen LogP contribution in [0, 0.1) is 0 Å². The number of fused-ring (bicyclic) bond motifs is 1. The van der Waals surface area contributed by atoms with E-state index in [0.29, 0.717) is 0 Å². The summed E-state index contributed by atoms with van der Waals surface area (Å²) in [5, 5.41) is 20.6. The van der Waals surface area contributed by atoms with E-state index in [0.717, 1.165) is 6.33 Å². The number of anilines is 1. The van der Waals surface area contributed by atoms with Gasteiger partial charge in [0.2, 0.25) is 5.95 Å². The molecule has 3 rings (SSSR count). The Labute approximate surface area is 268 Å². The Bertz CT molecular complexity index is 1160. The molecule has 21 heteroatoms. The van der Waals surface area contributed by atoms with Gasteiger partial charge in [-0.25, -0.2) is 9.55 Å². The van der Waals surface area contributed by atoms with Gasteiger partial charge in [-0.1, -0.05) is 0 Å². The second-order valence-corrected chi connectivity index (χ2v) is 8.21. The standard InChI is InChI=1S/C15H21N6O11P.3Na.3H/c16-5(1-2-7(22)32-33(27,28)29)14(26)30-3-6-9(23)10(24)13(31-6)21-4-18-8-11(21)19-15(17)20-12(8)25;;;;;;/h4-6,9-10,13,23-24H,1-3,16H2,(H2,27,28,29)(H3,17,19,20,25);;;;;;/t5-,6+,9+,10+,13+;;;;;;/m0....../s1. The topological polar surface area (TPSA) is 275 Å². The number of aliphatic hydroxyl groups excluding tert-OH is 2. The Hall–Kier alpha value is 0.0800. The summed E-state index contributed by atoms with van der Waals surface area (Å²) in [6, 6.07) is -1.34. The van der Waals surface area contributed by atoms with Gasteiger partial charge in [-0.15, -0.1) is 0 Å². The number of aliphatic hydroxyl groups is 2. The van der Waals surface area contributed by atoms with Crippen molar-refractivity contribution in [1.29, 1.82) is 0 Å². The van der Waals surface area contributed by atoms with Crippen molar-refractivity contribution in [3.63, 3.8) is 0 Å². The van der Waals surface area contributed by atoms with Crippen LogP contribution in [0.5, 0.6) is 0 Å². The molecule has 17 nitrogen and oxygen atoms in total. The first kappa shape index (κ1) is 36.1. The van der Waals surface area contributed by atoms with Gasteiger partial charge in [0.1, 0.15) is 31.0 Å². The average Bonchev–Trinajstić information content (AvgIpc) is 3.24. The fraction of sp³-hybridized carbons (Fsp3) is 0.533. The van der Waals surface area contributed by atoms with Crippen LogP contribution in [0.25, 0.3) is 11.2 Å². The van der Waals surface area contributed by atoms with Crippen molar-refractivity contribution >= 4 is 126 Å². The number of nitrogen functional groups attached to an aromatic ring is 1. The molecule has 0 amide bonds. The van der Waals surface area contributed by atoms with E-state index in [-0.39, 0.29) is 112 Å². The molecule has 1 saturated heterocycles. The van der Waals surface area contributed by atoms with Crippen LogP contribution >= 0.6 is 7.82 Å². The number of hydrogen-bond donors (Lipinski definition) is 7. The number of H-pyrrole nitrogens is 1. The quantitative estimate of drug-likeness (QED) is 0.0896. The summed E-state index contributed by atoms with van der Waals surface area (Å²) in [6.07, 6.45) is -5.18. The number of nitrogens with zero attached hydrogens (tertiary/aromatic N) is 3. The van der Waals surface area contributed by atoms with Gasteiger partial charge in [0, 0.05) is 6.42 Å². The van der Waals surface area contributed by atoms with Gasteiger partial charge >= 0.3 is 108 Å². The predicted molar refractivity (Wildman–Crippen MR) is 126 cm³/mol. The fourth-order valence-electron chi connectivity index (χ4n) is 3.07. The Kier molecular flexibility index (Phi) is 15.1. The summed E-state index contributed by atoms with van der Waals surface area (Å²) in [5.74, 6) is -2.46. The van der Waals surface area contributed by atoms with Gasteiger partial charge in [-0.2, -0.15) is 4.98 Å². The van der Waals surface area contributed by atoms with E-state index in [1.54, 1.807) is 0 Å². The van der Waals surface area contributed by atoms with Crippen molar-refractivity contribution < 1.29 is 48.2 Å². The average molecular weight is 564 g/mol. The summed E-state index contributed by atoms with van der Waals surface area (Å²) in [6.45, 7) is -0.531. The third-order valence-corrected chi connectivity index (χ3v) is 5.08. The molecule has 2 aromatic rings. The second-order valence-electron chi connectivity index (χ2n) is 7.05. The van der Waals surface area contributed by atoms with E-state index < -0.39 is 68.9 Å². The molecule has 0 aromatic carbocycles. The molecule has 0 spiro atoms. The number of nitrogens with two attached hydrogens (primary N) is 2. The number of phosphoric ester groups is 1. The number of aromatic amines is 1. The number of carbonyl (C=O) groups excluding carboxylic acids is 2. The molecular weight excluding hydrogens is 540 g/mol. The number of carbonyl (C=O) groups is 2. The van der Waals surface area contributed by atoms with Gasteiger partial charge in [0.15, 0.2) is 17.4 Å². The summed E-state index contributed by atoms with van der Waals surface area (Å²) in [7, 11) is -5.00. The van der Waals surface area contributed by atoms with Crippen LogP contribution in [-0.2, 0) is 28.2 Å². The third-order valence-electron chi connectivity index (χ3n) is 4.63. The van der Waals surface area contributed by atoms with Crippen molar-refractivity contribution in [2.75, 3.05) is 12.3 Å². The number of nitrogens with one attached hydrogen (secondary N) is 1. The maximum absolute atomic E-state index is 12.0. The molecule has 5 atom stereocenters. The molecule has 2 aromatic heterocycles. The van der Waals surface area contributed by atoms with Gasteiger partial charge in [0.25, 0.3) is 5.56 Å². The van der Waals surface area contributed by atoms with Crippen LogP contribution in [0.3, 0.4) is 0 Å². The summed E-state index contributed by atoms with van der Waals surface area (Å²) >= 11 is 0.